The summed E-state index contributed by atoms with van der Waals surface area (Å²) in [7, 11) is -1.96. The van der Waals surface area contributed by atoms with Crippen LogP contribution in [0, 0.1) is 11.6 Å². The predicted octanol–water partition coefficient (Wildman–Crippen LogP) is 4.96. The number of carbonyl (C=O) groups is 1. The first-order valence-electron chi connectivity index (χ1n) is 14.8. The Morgan fingerprint density at radius 1 is 1.00 bits per heavy atom. The number of hydrogen-bond acceptors (Lipinski definition) is 8. The van der Waals surface area contributed by atoms with Crippen molar-refractivity contribution in [3.05, 3.63) is 71.4 Å². The van der Waals surface area contributed by atoms with Crippen molar-refractivity contribution >= 4 is 44.0 Å². The van der Waals surface area contributed by atoms with Crippen LogP contribution in [0.15, 0.2) is 53.6 Å². The number of H-pyrrole nitrogens is 1. The fourth-order valence-electron chi connectivity index (χ4n) is 5.89. The van der Waals surface area contributed by atoms with Gasteiger partial charge in [0.2, 0.25) is 0 Å². The molecule has 1 saturated heterocycles. The number of carbonyl (C=O) groups excluding carboxylic acids is 1. The van der Waals surface area contributed by atoms with Crippen LogP contribution in [-0.2, 0) is 15.6 Å². The van der Waals surface area contributed by atoms with Gasteiger partial charge in [-0.3, -0.25) is 9.89 Å². The Kier molecular flexibility index (Phi) is 8.50. The van der Waals surface area contributed by atoms with Gasteiger partial charge < -0.3 is 20.4 Å². The molecule has 13 heteroatoms. The molecule has 4 aromatic rings. The number of hydrogen-bond donors (Lipinski definition) is 3. The number of halogens is 2. The van der Waals surface area contributed by atoms with Crippen molar-refractivity contribution in [2.24, 2.45) is 0 Å². The summed E-state index contributed by atoms with van der Waals surface area (Å²) in [5, 5.41) is 13.9. The van der Waals surface area contributed by atoms with E-state index in [1.807, 2.05) is 12.1 Å². The maximum Gasteiger partial charge on any atom is 0.258 e. The molecule has 44 heavy (non-hydrogen) atoms. The zero-order valence-corrected chi connectivity index (χ0v) is 25.3. The number of aromatic amines is 1. The summed E-state index contributed by atoms with van der Waals surface area (Å²) in [6, 6.07) is 9.86. The standard InChI is InChI=1S/C31H35F2N7O3S/c1-39-9-11-40(12-10-39)24-7-8-26(28(17-24)35-23-5-3-2-4-6-23)31(41)36-30-27-13-20(18-34-29(27)37-38-30)19-44(42,43)25-15-21(32)14-22(33)16-25/h7-8,13-18,23,35H,2-6,9-12,19H2,1H3,(H2,34,36,37,38,41). The van der Waals surface area contributed by atoms with Gasteiger partial charge in [0, 0.05) is 55.9 Å². The van der Waals surface area contributed by atoms with Gasteiger partial charge in [-0.15, -0.1) is 0 Å². The molecule has 3 N–H and O–H groups in total. The summed E-state index contributed by atoms with van der Waals surface area (Å²) in [5.41, 5.74) is 2.87. The second-order valence-electron chi connectivity index (χ2n) is 11.6. The highest BCUT2D eigenvalue weighted by atomic mass is 32.2. The Bertz CT molecular complexity index is 1760. The number of rotatable bonds is 8. The van der Waals surface area contributed by atoms with E-state index in [9.17, 15) is 22.0 Å². The average Bonchev–Trinajstić information content (AvgIpc) is 3.39. The Morgan fingerprint density at radius 2 is 1.73 bits per heavy atom. The van der Waals surface area contributed by atoms with Gasteiger partial charge in [-0.05, 0) is 61.9 Å². The van der Waals surface area contributed by atoms with Gasteiger partial charge in [0.05, 0.1) is 21.6 Å². The number of nitrogens with one attached hydrogen (secondary N) is 3. The van der Waals surface area contributed by atoms with Gasteiger partial charge in [0.25, 0.3) is 5.91 Å². The largest absolute Gasteiger partial charge is 0.382 e. The maximum atomic E-state index is 13.7. The van der Waals surface area contributed by atoms with E-state index in [0.29, 0.717) is 17.0 Å². The molecule has 0 radical (unpaired) electrons. The van der Waals surface area contributed by atoms with Gasteiger partial charge in [-0.25, -0.2) is 22.2 Å². The van der Waals surface area contributed by atoms with Crippen LogP contribution >= 0.6 is 0 Å². The highest BCUT2D eigenvalue weighted by Gasteiger charge is 2.23. The molecule has 1 aliphatic carbocycles. The third-order valence-corrected chi connectivity index (χ3v) is 10.0. The fourth-order valence-corrected chi connectivity index (χ4v) is 7.23. The molecule has 0 unspecified atom stereocenters. The molecule has 2 fully saturated rings. The van der Waals surface area contributed by atoms with E-state index < -0.39 is 32.1 Å². The lowest BCUT2D eigenvalue weighted by atomic mass is 9.95. The van der Waals surface area contributed by atoms with Crippen molar-refractivity contribution in [2.75, 3.05) is 48.8 Å². The normalized spacial score (nSPS) is 16.8. The third-order valence-electron chi connectivity index (χ3n) is 8.34. The van der Waals surface area contributed by atoms with Gasteiger partial charge in [0.1, 0.15) is 17.5 Å². The Labute approximate surface area is 254 Å². The number of sulfone groups is 1. The number of fused-ring (bicyclic) bond motifs is 1. The number of pyridine rings is 1. The summed E-state index contributed by atoms with van der Waals surface area (Å²) in [6.07, 6.45) is 6.95. The Hall–Kier alpha value is -4.10. The van der Waals surface area contributed by atoms with Crippen molar-refractivity contribution in [3.63, 3.8) is 0 Å². The maximum absolute atomic E-state index is 13.7. The first kappa shape index (κ1) is 29.9. The number of likely N-dealkylation sites (N-methyl/N-ethyl adjacent to an activating group) is 1. The van der Waals surface area contributed by atoms with E-state index in [4.69, 9.17) is 0 Å². The molecule has 2 aromatic carbocycles. The summed E-state index contributed by atoms with van der Waals surface area (Å²) >= 11 is 0. The highest BCUT2D eigenvalue weighted by molar-refractivity contribution is 7.90. The molecule has 2 aliphatic rings. The first-order valence-corrected chi connectivity index (χ1v) is 16.5. The number of piperazine rings is 1. The highest BCUT2D eigenvalue weighted by Crippen LogP contribution is 2.30. The van der Waals surface area contributed by atoms with Crippen molar-refractivity contribution in [2.45, 2.75) is 48.8 Å². The van der Waals surface area contributed by atoms with Crippen LogP contribution in [0.4, 0.5) is 26.0 Å². The lowest BCUT2D eigenvalue weighted by Crippen LogP contribution is -2.44. The number of anilines is 3. The summed E-state index contributed by atoms with van der Waals surface area (Å²) in [5.74, 6) is -2.59. The molecule has 232 valence electrons. The lowest BCUT2D eigenvalue weighted by molar-refractivity contribution is 0.102. The molecule has 0 bridgehead atoms. The van der Waals surface area contributed by atoms with Gasteiger partial charge in [-0.2, -0.15) is 5.10 Å². The minimum absolute atomic E-state index is 0.264. The number of aromatic nitrogens is 3. The molecule has 6 rings (SSSR count). The monoisotopic (exact) mass is 623 g/mol. The Balaban J connectivity index is 1.25. The van der Waals surface area contributed by atoms with E-state index >= 15 is 0 Å². The molecule has 0 atom stereocenters. The summed E-state index contributed by atoms with van der Waals surface area (Å²) < 4.78 is 53.2. The van der Waals surface area contributed by atoms with E-state index in [2.05, 4.69) is 48.7 Å². The van der Waals surface area contributed by atoms with Crippen LogP contribution in [0.5, 0.6) is 0 Å². The summed E-state index contributed by atoms with van der Waals surface area (Å²) in [4.78, 5) is 22.1. The number of benzene rings is 2. The van der Waals surface area contributed by atoms with Crippen molar-refractivity contribution < 1.29 is 22.0 Å². The average molecular weight is 624 g/mol. The topological polar surface area (TPSA) is 123 Å². The van der Waals surface area contributed by atoms with Crippen LogP contribution in [0.1, 0.15) is 48.0 Å². The fraction of sp³-hybridized carbons (Fsp3) is 0.387. The molecular weight excluding hydrogens is 588 g/mol. The van der Waals surface area contributed by atoms with E-state index in [1.54, 1.807) is 6.07 Å². The number of nitrogens with zero attached hydrogens (tertiary/aromatic N) is 4. The van der Waals surface area contributed by atoms with E-state index in [1.165, 1.54) is 12.6 Å². The van der Waals surface area contributed by atoms with Crippen molar-refractivity contribution in [1.29, 1.82) is 0 Å². The molecule has 2 aromatic heterocycles. The lowest BCUT2D eigenvalue weighted by Gasteiger charge is -2.34. The molecule has 3 heterocycles. The number of amides is 1. The third kappa shape index (κ3) is 6.68. The van der Waals surface area contributed by atoms with Gasteiger partial charge in [-0.1, -0.05) is 19.3 Å². The first-order chi connectivity index (χ1) is 21.1. The molecule has 0 spiro atoms. The van der Waals surface area contributed by atoms with Crippen molar-refractivity contribution in [1.82, 2.24) is 20.1 Å². The van der Waals surface area contributed by atoms with E-state index in [0.717, 1.165) is 75.4 Å². The second kappa shape index (κ2) is 12.5. The van der Waals surface area contributed by atoms with Gasteiger partial charge in [0.15, 0.2) is 15.5 Å². The predicted molar refractivity (Wildman–Crippen MR) is 166 cm³/mol. The quantitative estimate of drug-likeness (QED) is 0.252. The molecule has 1 amide bonds. The molecular formula is C31H35F2N7O3S. The van der Waals surface area contributed by atoms with E-state index in [-0.39, 0.29) is 29.0 Å². The minimum atomic E-state index is -4.08. The zero-order chi connectivity index (χ0) is 30.8. The molecule has 1 aliphatic heterocycles. The SMILES string of the molecule is CN1CCN(c2ccc(C(=O)Nc3[nH]nc4ncc(CS(=O)(=O)c5cc(F)cc(F)c5)cc34)c(NC3CCCCC3)c2)CC1. The second-order valence-corrected chi connectivity index (χ2v) is 13.6. The van der Waals surface area contributed by atoms with Crippen LogP contribution in [0.3, 0.4) is 0 Å². The zero-order valence-electron chi connectivity index (χ0n) is 24.4. The van der Waals surface area contributed by atoms with Crippen LogP contribution < -0.4 is 15.5 Å². The van der Waals surface area contributed by atoms with Crippen LogP contribution in [0.2, 0.25) is 0 Å². The minimum Gasteiger partial charge on any atom is -0.382 e. The smallest absolute Gasteiger partial charge is 0.258 e. The van der Waals surface area contributed by atoms with Crippen LogP contribution in [-0.4, -0.2) is 73.7 Å². The molecule has 1 saturated carbocycles. The van der Waals surface area contributed by atoms with Gasteiger partial charge >= 0.3 is 0 Å². The van der Waals surface area contributed by atoms with Crippen molar-refractivity contribution in [3.8, 4) is 0 Å². The molecule has 10 nitrogen and oxygen atoms in total. The summed E-state index contributed by atoms with van der Waals surface area (Å²) in [6.45, 7) is 3.75. The van der Waals surface area contributed by atoms with Crippen LogP contribution in [0.25, 0.3) is 11.0 Å². The Morgan fingerprint density at radius 3 is 2.45 bits per heavy atom.